The number of allylic oxidation sites excluding steroid dienone is 1. The molecule has 0 unspecified atom stereocenters. The Morgan fingerprint density at radius 1 is 1.56 bits per heavy atom. The Bertz CT molecular complexity index is 102. The first-order valence-corrected chi connectivity index (χ1v) is 1.85. The summed E-state index contributed by atoms with van der Waals surface area (Å²) in [5.41, 5.74) is 0. The molecule has 0 saturated heterocycles. The molecular weight excluding hydrogens is 134 g/mol. The van der Waals surface area contributed by atoms with Crippen molar-refractivity contribution >= 4 is 6.16 Å². The smallest absolute Gasteiger partial charge is 0.450 e. The summed E-state index contributed by atoms with van der Waals surface area (Å²) in [5.74, 6) is -0.787. The van der Waals surface area contributed by atoms with Gasteiger partial charge in [0.05, 0.1) is 0 Å². The highest BCUT2D eigenvalue weighted by Crippen LogP contribution is 1.89. The van der Waals surface area contributed by atoms with E-state index in [1.54, 1.807) is 0 Å². The molecule has 54 valence electrons. The minimum absolute atomic E-state index is 0.0833. The van der Waals surface area contributed by atoms with Gasteiger partial charge in [-0.3, -0.25) is 0 Å². The van der Waals surface area contributed by atoms with Gasteiger partial charge in [0.15, 0.2) is 0 Å². The molecule has 0 amide bonds. The highest BCUT2D eigenvalue weighted by Gasteiger charge is 1.71. The Morgan fingerprint density at radius 2 is 1.67 bits per heavy atom. The Morgan fingerprint density at radius 3 is 1.67 bits per heavy atom. The molecule has 0 fully saturated rings. The van der Waals surface area contributed by atoms with Crippen molar-refractivity contribution in [1.82, 2.24) is 0 Å². The summed E-state index contributed by atoms with van der Waals surface area (Å²) in [6.45, 7) is 1.04. The van der Waals surface area contributed by atoms with E-state index >= 15 is 0 Å². The van der Waals surface area contributed by atoms with Crippen LogP contribution in [0.15, 0.2) is 12.2 Å². The van der Waals surface area contributed by atoms with E-state index in [9.17, 15) is 8.78 Å². The molecule has 0 heterocycles. The van der Waals surface area contributed by atoms with Crippen LogP contribution in [0.3, 0.4) is 0 Å². The van der Waals surface area contributed by atoms with Crippen molar-refractivity contribution < 1.29 is 23.8 Å². The van der Waals surface area contributed by atoms with Gasteiger partial charge >= 0.3 is 6.16 Å². The molecule has 0 rings (SSSR count). The van der Waals surface area contributed by atoms with Crippen LogP contribution in [0.5, 0.6) is 0 Å². The van der Waals surface area contributed by atoms with Gasteiger partial charge in [-0.15, -0.1) is 0 Å². The van der Waals surface area contributed by atoms with Crippen molar-refractivity contribution in [3.63, 3.8) is 0 Å². The molecule has 3 nitrogen and oxygen atoms in total. The van der Waals surface area contributed by atoms with E-state index in [2.05, 4.69) is 0 Å². The molecule has 0 radical (unpaired) electrons. The predicted molar refractivity (Wildman–Crippen MR) is 26.6 cm³/mol. The summed E-state index contributed by atoms with van der Waals surface area (Å²) in [7, 11) is 0. The fourth-order valence-corrected chi connectivity index (χ4v) is 0. The second kappa shape index (κ2) is 6.87. The Labute approximate surface area is 50.2 Å². The summed E-state index contributed by atoms with van der Waals surface area (Å²) in [4.78, 5) is 8.56. The van der Waals surface area contributed by atoms with Crippen LogP contribution in [0, 0.1) is 0 Å². The first-order valence-electron chi connectivity index (χ1n) is 1.85. The van der Waals surface area contributed by atoms with Gasteiger partial charge < -0.3 is 10.2 Å². The SMILES string of the molecule is C/C(F)=C\F.O=C(O)O. The van der Waals surface area contributed by atoms with Crippen molar-refractivity contribution in [2.45, 2.75) is 6.92 Å². The lowest BCUT2D eigenvalue weighted by molar-refractivity contribution is 0.137. The molecule has 5 heteroatoms. The van der Waals surface area contributed by atoms with E-state index in [4.69, 9.17) is 15.0 Å². The lowest BCUT2D eigenvalue weighted by Gasteiger charge is -1.65. The molecule has 2 N–H and O–H groups in total. The minimum Gasteiger partial charge on any atom is -0.450 e. The zero-order valence-electron chi connectivity index (χ0n) is 4.64. The van der Waals surface area contributed by atoms with E-state index in [0.29, 0.717) is 0 Å². The fourth-order valence-electron chi connectivity index (χ4n) is 0. The average molecular weight is 140 g/mol. The summed E-state index contributed by atoms with van der Waals surface area (Å²) in [6, 6.07) is 0. The fraction of sp³-hybridized carbons (Fsp3) is 0.250. The third kappa shape index (κ3) is 215. The van der Waals surface area contributed by atoms with E-state index in [-0.39, 0.29) is 6.33 Å². The molecule has 0 aliphatic rings. The number of hydrogen-bond acceptors (Lipinski definition) is 1. The second-order valence-electron chi connectivity index (χ2n) is 0.978. The lowest BCUT2D eigenvalue weighted by Crippen LogP contribution is -1.81. The average Bonchev–Trinajstić information content (AvgIpc) is 1.65. The van der Waals surface area contributed by atoms with Gasteiger partial charge in [-0.05, 0) is 6.92 Å². The maximum atomic E-state index is 10.9. The molecule has 0 aliphatic heterocycles. The molecular formula is C4H6F2O3. The van der Waals surface area contributed by atoms with Crippen LogP contribution in [0.25, 0.3) is 0 Å². The zero-order chi connectivity index (χ0) is 7.86. The van der Waals surface area contributed by atoms with Crippen molar-refractivity contribution in [3.05, 3.63) is 12.2 Å². The zero-order valence-corrected chi connectivity index (χ0v) is 4.64. The quantitative estimate of drug-likeness (QED) is 0.541. The maximum absolute atomic E-state index is 10.9. The van der Waals surface area contributed by atoms with Crippen molar-refractivity contribution in [2.75, 3.05) is 0 Å². The summed E-state index contributed by atoms with van der Waals surface area (Å²) in [5, 5.41) is 13.9. The summed E-state index contributed by atoms with van der Waals surface area (Å²) < 4.78 is 21.5. The van der Waals surface area contributed by atoms with E-state index < -0.39 is 12.0 Å². The highest BCUT2D eigenvalue weighted by atomic mass is 19.2. The van der Waals surface area contributed by atoms with Crippen LogP contribution in [0.4, 0.5) is 13.6 Å². The monoisotopic (exact) mass is 140 g/mol. The van der Waals surface area contributed by atoms with Gasteiger partial charge in [-0.2, -0.15) is 0 Å². The Kier molecular flexibility index (Phi) is 8.23. The summed E-state index contributed by atoms with van der Waals surface area (Å²) >= 11 is 0. The predicted octanol–water partition coefficient (Wildman–Crippen LogP) is 2.01. The van der Waals surface area contributed by atoms with Crippen molar-refractivity contribution in [1.29, 1.82) is 0 Å². The number of carboxylic acid groups (broad SMARTS) is 2. The molecule has 0 atom stereocenters. The van der Waals surface area contributed by atoms with Crippen molar-refractivity contribution in [2.24, 2.45) is 0 Å². The molecule has 0 aromatic carbocycles. The Hall–Kier alpha value is -1.13. The number of carbonyl (C=O) groups is 1. The van der Waals surface area contributed by atoms with Gasteiger partial charge in [-0.1, -0.05) is 0 Å². The molecule has 9 heavy (non-hydrogen) atoms. The molecule has 0 saturated carbocycles. The lowest BCUT2D eigenvalue weighted by atomic mass is 10.7. The standard InChI is InChI=1S/C3H4F2.CH2O3/c1-3(5)2-4;2-1(3)4/h2H,1H3;(H2,2,3,4)/b3-2+;. The van der Waals surface area contributed by atoms with Crippen molar-refractivity contribution in [3.8, 4) is 0 Å². The topological polar surface area (TPSA) is 57.5 Å². The number of rotatable bonds is 0. The third-order valence-corrected chi connectivity index (χ3v) is 0.150. The molecule has 0 aromatic rings. The first kappa shape index (κ1) is 10.8. The van der Waals surface area contributed by atoms with Crippen LogP contribution in [-0.4, -0.2) is 16.4 Å². The van der Waals surface area contributed by atoms with Crippen LogP contribution in [0.1, 0.15) is 6.92 Å². The second-order valence-corrected chi connectivity index (χ2v) is 0.978. The van der Waals surface area contributed by atoms with Gasteiger partial charge in [-0.25, -0.2) is 13.6 Å². The molecule has 0 aliphatic carbocycles. The van der Waals surface area contributed by atoms with Gasteiger partial charge in [0, 0.05) is 0 Å². The third-order valence-electron chi connectivity index (χ3n) is 0.150. The summed E-state index contributed by atoms with van der Waals surface area (Å²) in [6.07, 6.45) is -1.92. The highest BCUT2D eigenvalue weighted by molar-refractivity contribution is 5.53. The van der Waals surface area contributed by atoms with Gasteiger partial charge in [0.1, 0.15) is 12.2 Å². The minimum atomic E-state index is -1.83. The van der Waals surface area contributed by atoms with E-state index in [1.807, 2.05) is 0 Å². The van der Waals surface area contributed by atoms with Crippen LogP contribution >= 0.6 is 0 Å². The molecule has 0 aromatic heterocycles. The first-order chi connectivity index (χ1) is 4.00. The Balaban J connectivity index is 0. The largest absolute Gasteiger partial charge is 0.503 e. The van der Waals surface area contributed by atoms with Crippen LogP contribution in [-0.2, 0) is 0 Å². The van der Waals surface area contributed by atoms with Crippen LogP contribution in [0.2, 0.25) is 0 Å². The van der Waals surface area contributed by atoms with Gasteiger partial charge in [0.2, 0.25) is 0 Å². The molecule has 0 spiro atoms. The maximum Gasteiger partial charge on any atom is 0.503 e. The number of halogens is 2. The van der Waals surface area contributed by atoms with Crippen LogP contribution < -0.4 is 0 Å². The van der Waals surface area contributed by atoms with E-state index in [1.165, 1.54) is 0 Å². The molecule has 0 bridgehead atoms. The van der Waals surface area contributed by atoms with Gasteiger partial charge in [0.25, 0.3) is 0 Å². The van der Waals surface area contributed by atoms with E-state index in [0.717, 1.165) is 6.92 Å². The number of hydrogen-bond donors (Lipinski definition) is 2. The normalized spacial score (nSPS) is 9.44.